The third kappa shape index (κ3) is 3.92. The maximum absolute atomic E-state index is 5.66. The maximum Gasteiger partial charge on any atom is 0.145 e. The molecule has 102 valence electrons. The van der Waals surface area contributed by atoms with Gasteiger partial charge in [-0.1, -0.05) is 6.92 Å². The van der Waals surface area contributed by atoms with Crippen LogP contribution in [0, 0.1) is 0 Å². The van der Waals surface area contributed by atoms with Crippen molar-refractivity contribution in [1.82, 2.24) is 14.7 Å². The van der Waals surface area contributed by atoms with Crippen molar-refractivity contribution in [2.45, 2.75) is 32.2 Å². The monoisotopic (exact) mass is 268 g/mol. The smallest absolute Gasteiger partial charge is 0.145 e. The van der Waals surface area contributed by atoms with Crippen LogP contribution in [0.25, 0.3) is 0 Å². The molecule has 0 unspecified atom stereocenters. The van der Waals surface area contributed by atoms with Crippen molar-refractivity contribution >= 4 is 17.6 Å². The number of nitrogens with zero attached hydrogens (tertiary/aromatic N) is 3. The SMILES string of the molecule is CCSCCCN1CCC(n2ccc(N)n2)CC1. The zero-order valence-corrected chi connectivity index (χ0v) is 12.0. The summed E-state index contributed by atoms with van der Waals surface area (Å²) in [4.78, 5) is 2.58. The molecule has 2 N–H and O–H groups in total. The second-order valence-corrected chi connectivity index (χ2v) is 6.24. The fourth-order valence-corrected chi connectivity index (χ4v) is 3.12. The van der Waals surface area contributed by atoms with Gasteiger partial charge in [-0.3, -0.25) is 4.68 Å². The lowest BCUT2D eigenvalue weighted by Crippen LogP contribution is -2.35. The quantitative estimate of drug-likeness (QED) is 0.804. The average Bonchev–Trinajstić information content (AvgIpc) is 2.82. The fraction of sp³-hybridized carbons (Fsp3) is 0.769. The Morgan fingerprint density at radius 2 is 2.22 bits per heavy atom. The minimum Gasteiger partial charge on any atom is -0.382 e. The molecule has 0 atom stereocenters. The van der Waals surface area contributed by atoms with E-state index in [2.05, 4.69) is 16.9 Å². The van der Waals surface area contributed by atoms with E-state index >= 15 is 0 Å². The Morgan fingerprint density at radius 3 is 2.83 bits per heavy atom. The van der Waals surface area contributed by atoms with Crippen molar-refractivity contribution in [3.63, 3.8) is 0 Å². The van der Waals surface area contributed by atoms with Crippen LogP contribution in [0.3, 0.4) is 0 Å². The van der Waals surface area contributed by atoms with Gasteiger partial charge in [-0.2, -0.15) is 16.9 Å². The Bertz CT molecular complexity index is 345. The standard InChI is InChI=1S/C13H24N4S/c1-2-18-11-3-7-16-8-4-12(5-9-16)17-10-6-13(14)15-17/h6,10,12H,2-5,7-9,11H2,1H3,(H2,14,15). The molecule has 5 heteroatoms. The fourth-order valence-electron chi connectivity index (χ4n) is 2.50. The molecular weight excluding hydrogens is 244 g/mol. The third-order valence-corrected chi connectivity index (χ3v) is 4.51. The molecular formula is C13H24N4S. The Morgan fingerprint density at radius 1 is 1.44 bits per heavy atom. The summed E-state index contributed by atoms with van der Waals surface area (Å²) in [7, 11) is 0. The van der Waals surface area contributed by atoms with Gasteiger partial charge in [-0.05, 0) is 43.4 Å². The number of nitrogen functional groups attached to an aromatic ring is 1. The first-order valence-electron chi connectivity index (χ1n) is 6.90. The third-order valence-electron chi connectivity index (χ3n) is 3.53. The van der Waals surface area contributed by atoms with Crippen LogP contribution in [0.1, 0.15) is 32.2 Å². The number of hydrogen-bond acceptors (Lipinski definition) is 4. The van der Waals surface area contributed by atoms with E-state index in [1.807, 2.05) is 28.7 Å². The lowest BCUT2D eigenvalue weighted by molar-refractivity contribution is 0.181. The van der Waals surface area contributed by atoms with Crippen LogP contribution >= 0.6 is 11.8 Å². The maximum atomic E-state index is 5.66. The summed E-state index contributed by atoms with van der Waals surface area (Å²) in [6.07, 6.45) is 5.72. The first-order chi connectivity index (χ1) is 8.79. The molecule has 1 fully saturated rings. The number of piperidine rings is 1. The molecule has 1 saturated heterocycles. The van der Waals surface area contributed by atoms with Crippen LogP contribution in [-0.4, -0.2) is 45.8 Å². The molecule has 0 radical (unpaired) electrons. The molecule has 0 bridgehead atoms. The molecule has 1 aliphatic rings. The van der Waals surface area contributed by atoms with E-state index in [1.54, 1.807) is 0 Å². The van der Waals surface area contributed by atoms with Crippen LogP contribution < -0.4 is 5.73 Å². The van der Waals surface area contributed by atoms with Crippen molar-refractivity contribution in [3.05, 3.63) is 12.3 Å². The largest absolute Gasteiger partial charge is 0.382 e. The Balaban J connectivity index is 1.68. The molecule has 0 aliphatic carbocycles. The number of rotatable bonds is 6. The van der Waals surface area contributed by atoms with Crippen LogP contribution in [0.4, 0.5) is 5.82 Å². The number of nitrogens with two attached hydrogens (primary N) is 1. The molecule has 1 aromatic rings. The van der Waals surface area contributed by atoms with E-state index in [-0.39, 0.29) is 0 Å². The van der Waals surface area contributed by atoms with Crippen molar-refractivity contribution in [2.24, 2.45) is 0 Å². The van der Waals surface area contributed by atoms with Crippen LogP contribution in [0.2, 0.25) is 0 Å². The molecule has 0 saturated carbocycles. The van der Waals surface area contributed by atoms with Crippen LogP contribution in [0.15, 0.2) is 12.3 Å². The number of thioether (sulfide) groups is 1. The first kappa shape index (κ1) is 13.7. The second kappa shape index (κ2) is 7.04. The molecule has 18 heavy (non-hydrogen) atoms. The van der Waals surface area contributed by atoms with Gasteiger partial charge in [0.2, 0.25) is 0 Å². The summed E-state index contributed by atoms with van der Waals surface area (Å²) in [5, 5.41) is 4.32. The summed E-state index contributed by atoms with van der Waals surface area (Å²) in [6.45, 7) is 5.87. The topological polar surface area (TPSA) is 47.1 Å². The summed E-state index contributed by atoms with van der Waals surface area (Å²) in [5.74, 6) is 3.17. The first-order valence-corrected chi connectivity index (χ1v) is 8.06. The number of hydrogen-bond donors (Lipinski definition) is 1. The molecule has 2 heterocycles. The van der Waals surface area contributed by atoms with Gasteiger partial charge in [0.25, 0.3) is 0 Å². The zero-order valence-electron chi connectivity index (χ0n) is 11.2. The minimum absolute atomic E-state index is 0.545. The van der Waals surface area contributed by atoms with Gasteiger partial charge in [-0.15, -0.1) is 0 Å². The molecule has 0 amide bonds. The summed E-state index contributed by atoms with van der Waals surface area (Å²) in [6, 6.07) is 2.43. The summed E-state index contributed by atoms with van der Waals surface area (Å²) >= 11 is 2.04. The minimum atomic E-state index is 0.545. The predicted octanol–water partition coefficient (Wildman–Crippen LogP) is 2.25. The normalized spacial score (nSPS) is 18.3. The summed E-state index contributed by atoms with van der Waals surface area (Å²) in [5.41, 5.74) is 5.66. The van der Waals surface area contributed by atoms with Gasteiger partial charge in [0.05, 0.1) is 6.04 Å². The lowest BCUT2D eigenvalue weighted by Gasteiger charge is -2.31. The number of likely N-dealkylation sites (tertiary alicyclic amines) is 1. The molecule has 4 nitrogen and oxygen atoms in total. The van der Waals surface area contributed by atoms with Gasteiger partial charge in [0.1, 0.15) is 5.82 Å². The highest BCUT2D eigenvalue weighted by atomic mass is 32.2. The highest BCUT2D eigenvalue weighted by Crippen LogP contribution is 2.22. The lowest BCUT2D eigenvalue weighted by atomic mass is 10.1. The van der Waals surface area contributed by atoms with Gasteiger partial charge >= 0.3 is 0 Å². The van der Waals surface area contributed by atoms with E-state index in [0.717, 1.165) is 0 Å². The van der Waals surface area contributed by atoms with Crippen molar-refractivity contribution < 1.29 is 0 Å². The average molecular weight is 268 g/mol. The molecule has 0 spiro atoms. The van der Waals surface area contributed by atoms with Gasteiger partial charge < -0.3 is 10.6 Å². The van der Waals surface area contributed by atoms with E-state index < -0.39 is 0 Å². The van der Waals surface area contributed by atoms with E-state index in [0.29, 0.717) is 11.9 Å². The highest BCUT2D eigenvalue weighted by molar-refractivity contribution is 7.99. The van der Waals surface area contributed by atoms with E-state index in [1.165, 1.54) is 50.4 Å². The van der Waals surface area contributed by atoms with E-state index in [9.17, 15) is 0 Å². The van der Waals surface area contributed by atoms with Gasteiger partial charge in [0.15, 0.2) is 0 Å². The molecule has 1 aromatic heterocycles. The van der Waals surface area contributed by atoms with Gasteiger partial charge in [-0.25, -0.2) is 0 Å². The summed E-state index contributed by atoms with van der Waals surface area (Å²) < 4.78 is 2.04. The van der Waals surface area contributed by atoms with Crippen molar-refractivity contribution in [3.8, 4) is 0 Å². The predicted molar refractivity (Wildman–Crippen MR) is 79.0 cm³/mol. The van der Waals surface area contributed by atoms with Crippen molar-refractivity contribution in [1.29, 1.82) is 0 Å². The Kier molecular flexibility index (Phi) is 5.38. The van der Waals surface area contributed by atoms with E-state index in [4.69, 9.17) is 5.73 Å². The number of anilines is 1. The Hall–Kier alpha value is -0.680. The van der Waals surface area contributed by atoms with Crippen molar-refractivity contribution in [2.75, 3.05) is 36.9 Å². The number of aromatic nitrogens is 2. The van der Waals surface area contributed by atoms with Crippen LogP contribution in [-0.2, 0) is 0 Å². The highest BCUT2D eigenvalue weighted by Gasteiger charge is 2.20. The van der Waals surface area contributed by atoms with Gasteiger partial charge in [0, 0.05) is 19.3 Å². The zero-order chi connectivity index (χ0) is 12.8. The Labute approximate surface area is 114 Å². The molecule has 2 rings (SSSR count). The molecule has 0 aromatic carbocycles. The van der Waals surface area contributed by atoms with Crippen LogP contribution in [0.5, 0.6) is 0 Å². The second-order valence-electron chi connectivity index (χ2n) is 4.84. The molecule has 1 aliphatic heterocycles.